The van der Waals surface area contributed by atoms with Crippen LogP contribution < -0.4 is 4.90 Å². The molecule has 118 valence electrons. The lowest BCUT2D eigenvalue weighted by Gasteiger charge is -2.27. The van der Waals surface area contributed by atoms with E-state index in [0.29, 0.717) is 6.42 Å². The number of amides is 2. The van der Waals surface area contributed by atoms with Crippen molar-refractivity contribution >= 4 is 23.2 Å². The summed E-state index contributed by atoms with van der Waals surface area (Å²) in [6, 6.07) is 5.60. The van der Waals surface area contributed by atoms with Crippen LogP contribution in [0.4, 0.5) is 11.4 Å². The van der Waals surface area contributed by atoms with Crippen molar-refractivity contribution in [2.75, 3.05) is 4.90 Å². The van der Waals surface area contributed by atoms with Gasteiger partial charge in [0.1, 0.15) is 0 Å². The molecule has 0 radical (unpaired) electrons. The van der Waals surface area contributed by atoms with E-state index >= 15 is 0 Å². The van der Waals surface area contributed by atoms with Crippen molar-refractivity contribution in [1.82, 2.24) is 0 Å². The molecule has 1 aromatic carbocycles. The molecule has 3 aliphatic rings. The SMILES string of the molecule is CC[C@@]12C=C[C@@H](O1)[C@@H]1C(=O)N(c3cccc([N+](=O)[O-])c3)C(=O)[C@@H]12. The van der Waals surface area contributed by atoms with Gasteiger partial charge in [0.2, 0.25) is 11.8 Å². The molecule has 2 bridgehead atoms. The maximum Gasteiger partial charge on any atom is 0.271 e. The molecule has 4 atom stereocenters. The molecule has 2 amide bonds. The first kappa shape index (κ1) is 14.1. The second kappa shape index (κ2) is 4.48. The maximum atomic E-state index is 12.9. The molecule has 4 rings (SSSR count). The fraction of sp³-hybridized carbons (Fsp3) is 0.375. The largest absolute Gasteiger partial charge is 0.362 e. The first-order chi connectivity index (χ1) is 11.0. The van der Waals surface area contributed by atoms with E-state index in [1.807, 2.05) is 19.1 Å². The van der Waals surface area contributed by atoms with Crippen molar-refractivity contribution in [2.45, 2.75) is 25.0 Å². The molecule has 0 N–H and O–H groups in total. The van der Waals surface area contributed by atoms with Crippen LogP contribution in [0.1, 0.15) is 13.3 Å². The number of nitro benzene ring substituents is 1. The third-order valence-corrected chi connectivity index (χ3v) is 5.01. The highest BCUT2D eigenvalue weighted by atomic mass is 16.6. The molecule has 0 aromatic heterocycles. The van der Waals surface area contributed by atoms with Gasteiger partial charge in [0.15, 0.2) is 0 Å². The number of fused-ring (bicyclic) bond motifs is 5. The molecule has 7 heteroatoms. The average molecular weight is 314 g/mol. The lowest BCUT2D eigenvalue weighted by Crippen LogP contribution is -2.40. The lowest BCUT2D eigenvalue weighted by molar-refractivity contribution is -0.384. The monoisotopic (exact) mass is 314 g/mol. The number of benzene rings is 1. The first-order valence-corrected chi connectivity index (χ1v) is 7.48. The Morgan fingerprint density at radius 2 is 2.13 bits per heavy atom. The minimum atomic E-state index is -0.725. The van der Waals surface area contributed by atoms with Gasteiger partial charge in [-0.1, -0.05) is 25.1 Å². The van der Waals surface area contributed by atoms with Gasteiger partial charge in [-0.3, -0.25) is 19.7 Å². The molecule has 23 heavy (non-hydrogen) atoms. The normalized spacial score (nSPS) is 34.3. The van der Waals surface area contributed by atoms with Crippen LogP contribution in [0.2, 0.25) is 0 Å². The van der Waals surface area contributed by atoms with Crippen LogP contribution in [0.5, 0.6) is 0 Å². The Hall–Kier alpha value is -2.54. The summed E-state index contributed by atoms with van der Waals surface area (Å²) in [5.41, 5.74) is -0.630. The van der Waals surface area contributed by atoms with E-state index in [0.717, 1.165) is 4.90 Å². The Bertz CT molecular complexity index is 773. The number of carbonyl (C=O) groups is 2. The summed E-state index contributed by atoms with van der Waals surface area (Å²) in [7, 11) is 0. The molecule has 0 aliphatic carbocycles. The average Bonchev–Trinajstić information content (AvgIpc) is 3.18. The molecule has 0 spiro atoms. The van der Waals surface area contributed by atoms with Crippen molar-refractivity contribution in [1.29, 1.82) is 0 Å². The zero-order valence-corrected chi connectivity index (χ0v) is 12.3. The summed E-state index contributed by atoms with van der Waals surface area (Å²) in [4.78, 5) is 37.1. The van der Waals surface area contributed by atoms with Crippen molar-refractivity contribution < 1.29 is 19.2 Å². The number of imide groups is 1. The Balaban J connectivity index is 1.76. The molecule has 0 saturated carbocycles. The number of hydrogen-bond donors (Lipinski definition) is 0. The number of ether oxygens (including phenoxy) is 1. The third-order valence-electron chi connectivity index (χ3n) is 5.01. The van der Waals surface area contributed by atoms with E-state index in [-0.39, 0.29) is 29.3 Å². The number of carbonyl (C=O) groups excluding carboxylic acids is 2. The van der Waals surface area contributed by atoms with E-state index in [9.17, 15) is 19.7 Å². The molecule has 2 saturated heterocycles. The summed E-state index contributed by atoms with van der Waals surface area (Å²) in [6.45, 7) is 1.92. The van der Waals surface area contributed by atoms with Crippen LogP contribution in [0.25, 0.3) is 0 Å². The fourth-order valence-electron chi connectivity index (χ4n) is 3.92. The summed E-state index contributed by atoms with van der Waals surface area (Å²) in [5, 5.41) is 10.9. The Morgan fingerprint density at radius 3 is 2.83 bits per heavy atom. The summed E-state index contributed by atoms with van der Waals surface area (Å²) < 4.78 is 5.88. The van der Waals surface area contributed by atoms with Crippen LogP contribution >= 0.6 is 0 Å². The number of nitrogens with zero attached hydrogens (tertiary/aromatic N) is 2. The summed E-state index contributed by atoms with van der Waals surface area (Å²) in [6.07, 6.45) is 3.93. The van der Waals surface area contributed by atoms with Gasteiger partial charge in [-0.05, 0) is 12.5 Å². The van der Waals surface area contributed by atoms with Crippen LogP contribution in [0.3, 0.4) is 0 Å². The van der Waals surface area contributed by atoms with E-state index in [2.05, 4.69) is 0 Å². The van der Waals surface area contributed by atoms with Crippen LogP contribution in [0, 0.1) is 22.0 Å². The highest BCUT2D eigenvalue weighted by Crippen LogP contribution is 2.53. The zero-order valence-electron chi connectivity index (χ0n) is 12.3. The standard InChI is InChI=1S/C16H14N2O5/c1-2-16-7-6-11(23-16)12-13(16)15(20)17(14(12)19)9-4-3-5-10(8-9)18(21)22/h3-8,11-13H,2H2,1H3/t11-,12+,13-,16+/m1/s1. The smallest absolute Gasteiger partial charge is 0.271 e. The Morgan fingerprint density at radius 1 is 1.35 bits per heavy atom. The molecule has 3 heterocycles. The number of non-ortho nitro benzene ring substituents is 1. The van der Waals surface area contributed by atoms with E-state index in [1.165, 1.54) is 18.2 Å². The summed E-state index contributed by atoms with van der Waals surface area (Å²) in [5.74, 6) is -1.76. The van der Waals surface area contributed by atoms with Gasteiger partial charge in [-0.2, -0.15) is 0 Å². The maximum absolute atomic E-state index is 12.9. The lowest BCUT2D eigenvalue weighted by atomic mass is 9.76. The van der Waals surface area contributed by atoms with E-state index < -0.39 is 22.4 Å². The minimum Gasteiger partial charge on any atom is -0.362 e. The number of anilines is 1. The van der Waals surface area contributed by atoms with Crippen molar-refractivity contribution in [2.24, 2.45) is 11.8 Å². The first-order valence-electron chi connectivity index (χ1n) is 7.48. The molecular formula is C16H14N2O5. The second-order valence-corrected chi connectivity index (χ2v) is 6.04. The van der Waals surface area contributed by atoms with Gasteiger partial charge in [-0.15, -0.1) is 0 Å². The van der Waals surface area contributed by atoms with E-state index in [1.54, 1.807) is 6.07 Å². The zero-order chi connectivity index (χ0) is 16.4. The molecule has 0 unspecified atom stereocenters. The molecule has 3 aliphatic heterocycles. The van der Waals surface area contributed by atoms with Gasteiger partial charge in [0, 0.05) is 12.1 Å². The van der Waals surface area contributed by atoms with Crippen LogP contribution in [-0.2, 0) is 14.3 Å². The Kier molecular flexibility index (Phi) is 2.74. The fourth-order valence-corrected chi connectivity index (χ4v) is 3.92. The highest BCUT2D eigenvalue weighted by molar-refractivity contribution is 6.23. The highest BCUT2D eigenvalue weighted by Gasteiger charge is 2.67. The van der Waals surface area contributed by atoms with Crippen molar-refractivity contribution in [3.05, 3.63) is 46.5 Å². The van der Waals surface area contributed by atoms with Crippen LogP contribution in [-0.4, -0.2) is 28.4 Å². The third kappa shape index (κ3) is 1.68. The summed E-state index contributed by atoms with van der Waals surface area (Å²) >= 11 is 0. The van der Waals surface area contributed by atoms with Gasteiger partial charge < -0.3 is 4.74 Å². The van der Waals surface area contributed by atoms with Gasteiger partial charge in [0.25, 0.3) is 5.69 Å². The molecule has 2 fully saturated rings. The molecule has 1 aromatic rings. The van der Waals surface area contributed by atoms with Crippen molar-refractivity contribution in [3.8, 4) is 0 Å². The topological polar surface area (TPSA) is 89.8 Å². The number of nitro groups is 1. The molecular weight excluding hydrogens is 300 g/mol. The second-order valence-electron chi connectivity index (χ2n) is 6.04. The van der Waals surface area contributed by atoms with Gasteiger partial charge in [0.05, 0.1) is 34.2 Å². The van der Waals surface area contributed by atoms with Gasteiger partial charge in [-0.25, -0.2) is 4.90 Å². The number of hydrogen-bond acceptors (Lipinski definition) is 5. The predicted octanol–water partition coefficient (Wildman–Crippen LogP) is 1.82. The van der Waals surface area contributed by atoms with Gasteiger partial charge >= 0.3 is 0 Å². The molecule has 7 nitrogen and oxygen atoms in total. The predicted molar refractivity (Wildman–Crippen MR) is 79.6 cm³/mol. The quantitative estimate of drug-likeness (QED) is 0.367. The van der Waals surface area contributed by atoms with E-state index in [4.69, 9.17) is 4.74 Å². The minimum absolute atomic E-state index is 0.150. The Labute approximate surface area is 131 Å². The number of rotatable bonds is 3. The van der Waals surface area contributed by atoms with Crippen LogP contribution in [0.15, 0.2) is 36.4 Å². The van der Waals surface area contributed by atoms with Crippen molar-refractivity contribution in [3.63, 3.8) is 0 Å².